The van der Waals surface area contributed by atoms with E-state index in [1.807, 2.05) is 32.9 Å². The van der Waals surface area contributed by atoms with Crippen molar-refractivity contribution in [2.75, 3.05) is 12.0 Å². The number of benzene rings is 2. The van der Waals surface area contributed by atoms with Crippen LogP contribution in [-0.2, 0) is 16.4 Å². The maximum Gasteiger partial charge on any atom is 0.445 e. The molecule has 1 unspecified atom stereocenters. The molecule has 1 aromatic heterocycles. The van der Waals surface area contributed by atoms with Gasteiger partial charge in [0.2, 0.25) is 10.1 Å². The van der Waals surface area contributed by atoms with E-state index in [4.69, 9.17) is 4.74 Å². The molecule has 3 aromatic rings. The van der Waals surface area contributed by atoms with Gasteiger partial charge in [-0.05, 0) is 40.8 Å². The normalized spacial score (nSPS) is 16.6. The topological polar surface area (TPSA) is 92.6 Å². The second-order valence-corrected chi connectivity index (χ2v) is 10.1. The number of hydrogen-bond acceptors (Lipinski definition) is 7. The van der Waals surface area contributed by atoms with E-state index in [0.29, 0.717) is 11.3 Å². The van der Waals surface area contributed by atoms with Crippen LogP contribution in [0.4, 0.5) is 18.3 Å². The molecule has 36 heavy (non-hydrogen) atoms. The van der Waals surface area contributed by atoms with Crippen molar-refractivity contribution in [3.8, 4) is 5.75 Å². The lowest BCUT2D eigenvalue weighted by molar-refractivity contribution is -0.138. The number of carbonyl (C=O) groups is 2. The summed E-state index contributed by atoms with van der Waals surface area (Å²) < 4.78 is 44.7. The summed E-state index contributed by atoms with van der Waals surface area (Å²) in [5, 5.41) is 15.9. The molecule has 0 aliphatic carbocycles. The number of rotatable bonds is 5. The van der Waals surface area contributed by atoms with Gasteiger partial charge in [0, 0.05) is 5.56 Å². The van der Waals surface area contributed by atoms with Gasteiger partial charge >= 0.3 is 6.18 Å². The molecule has 1 aliphatic heterocycles. The van der Waals surface area contributed by atoms with Crippen LogP contribution in [-0.4, -0.2) is 34.1 Å². The second-order valence-electron chi connectivity index (χ2n) is 9.16. The first-order chi connectivity index (χ1) is 16.8. The molecule has 2 aromatic carbocycles. The molecule has 11 heteroatoms. The predicted molar refractivity (Wildman–Crippen MR) is 127 cm³/mol. The number of aromatic nitrogens is 2. The monoisotopic (exact) mass is 517 g/mol. The van der Waals surface area contributed by atoms with E-state index < -0.39 is 34.7 Å². The van der Waals surface area contributed by atoms with Crippen molar-refractivity contribution >= 4 is 28.2 Å². The van der Waals surface area contributed by atoms with Gasteiger partial charge in [-0.2, -0.15) is 13.2 Å². The lowest BCUT2D eigenvalue weighted by atomic mass is 9.85. The quantitative estimate of drug-likeness (QED) is 0.440. The number of alkyl halides is 3. The van der Waals surface area contributed by atoms with Crippen LogP contribution >= 0.6 is 11.3 Å². The van der Waals surface area contributed by atoms with Crippen molar-refractivity contribution in [2.45, 2.75) is 38.4 Å². The number of nitrogens with zero attached hydrogens (tertiary/aromatic N) is 3. The van der Waals surface area contributed by atoms with Crippen molar-refractivity contribution in [3.63, 3.8) is 0 Å². The highest BCUT2D eigenvalue weighted by Gasteiger charge is 2.47. The molecular weight excluding hydrogens is 495 g/mol. The second kappa shape index (κ2) is 9.05. The number of aliphatic hydroxyl groups is 1. The van der Waals surface area contributed by atoms with Gasteiger partial charge in [0.1, 0.15) is 5.75 Å². The summed E-state index contributed by atoms with van der Waals surface area (Å²) >= 11 is 0.155. The Morgan fingerprint density at radius 3 is 2.14 bits per heavy atom. The van der Waals surface area contributed by atoms with Gasteiger partial charge in [0.25, 0.3) is 5.91 Å². The average molecular weight is 518 g/mol. The van der Waals surface area contributed by atoms with E-state index in [-0.39, 0.29) is 33.0 Å². The fourth-order valence-corrected chi connectivity index (χ4v) is 4.58. The molecule has 0 radical (unpaired) electrons. The van der Waals surface area contributed by atoms with Crippen molar-refractivity contribution < 1.29 is 32.6 Å². The fourth-order valence-electron chi connectivity index (χ4n) is 3.84. The number of methoxy groups -OCH3 is 1. The molecule has 1 N–H and O–H groups in total. The van der Waals surface area contributed by atoms with E-state index >= 15 is 0 Å². The molecule has 0 fully saturated rings. The van der Waals surface area contributed by atoms with Crippen molar-refractivity contribution in [3.05, 3.63) is 81.6 Å². The zero-order valence-electron chi connectivity index (χ0n) is 19.8. The Labute approximate surface area is 208 Å². The first-order valence-corrected chi connectivity index (χ1v) is 11.6. The minimum absolute atomic E-state index is 0.155. The molecule has 4 rings (SSSR count). The molecule has 1 amide bonds. The van der Waals surface area contributed by atoms with Crippen LogP contribution in [0.5, 0.6) is 5.75 Å². The number of amides is 1. The Bertz CT molecular complexity index is 1340. The maximum absolute atomic E-state index is 13.5. The van der Waals surface area contributed by atoms with Crippen LogP contribution in [0.1, 0.15) is 53.3 Å². The summed E-state index contributed by atoms with van der Waals surface area (Å²) in [6.07, 6.45) is -4.76. The Balaban J connectivity index is 1.84. The molecule has 1 aliphatic rings. The summed E-state index contributed by atoms with van der Waals surface area (Å²) in [6, 6.07) is 11.8. The number of ketones is 1. The van der Waals surface area contributed by atoms with Gasteiger partial charge < -0.3 is 9.84 Å². The predicted octanol–water partition coefficient (Wildman–Crippen LogP) is 5.65. The Hall–Kier alpha value is -3.73. The highest BCUT2D eigenvalue weighted by Crippen LogP contribution is 2.44. The molecule has 7 nitrogen and oxygen atoms in total. The summed E-state index contributed by atoms with van der Waals surface area (Å²) in [6.45, 7) is 6.03. The SMILES string of the molecule is COc1ccc(C(=O)C2=C(O)C(=O)N(c3nnc(C(F)(F)F)s3)C2c2ccc(C(C)(C)C)cc2)cc1. The van der Waals surface area contributed by atoms with Crippen LogP contribution in [0, 0.1) is 0 Å². The number of anilines is 1. The molecule has 0 bridgehead atoms. The van der Waals surface area contributed by atoms with Crippen molar-refractivity contribution in [2.24, 2.45) is 0 Å². The van der Waals surface area contributed by atoms with E-state index in [1.165, 1.54) is 19.2 Å². The fraction of sp³-hybridized carbons (Fsp3) is 0.280. The maximum atomic E-state index is 13.5. The van der Waals surface area contributed by atoms with Crippen LogP contribution < -0.4 is 9.64 Å². The third-order valence-electron chi connectivity index (χ3n) is 5.76. The van der Waals surface area contributed by atoms with Gasteiger partial charge in [0.05, 0.1) is 18.7 Å². The molecular formula is C25H22F3N3O4S. The smallest absolute Gasteiger partial charge is 0.445 e. The lowest BCUT2D eigenvalue weighted by Crippen LogP contribution is -2.31. The highest BCUT2D eigenvalue weighted by atomic mass is 32.1. The Kier molecular flexibility index (Phi) is 6.38. The summed E-state index contributed by atoms with van der Waals surface area (Å²) in [5.74, 6) is -2.06. The van der Waals surface area contributed by atoms with Crippen LogP contribution in [0.15, 0.2) is 59.9 Å². The number of hydrogen-bond donors (Lipinski definition) is 1. The van der Waals surface area contributed by atoms with Gasteiger partial charge in [-0.3, -0.25) is 14.5 Å². The van der Waals surface area contributed by atoms with E-state index in [2.05, 4.69) is 10.2 Å². The summed E-state index contributed by atoms with van der Waals surface area (Å²) in [4.78, 5) is 27.5. The standard InChI is InChI=1S/C25H22F3N3O4S/c1-24(2,3)15-9-5-13(6-10-15)18-17(19(32)14-7-11-16(35-4)12-8-14)20(33)21(34)31(18)23-30-29-22(36-23)25(26,27)28/h5-12,18,33H,1-4H3. The molecule has 0 saturated heterocycles. The zero-order chi connectivity index (χ0) is 26.4. The number of ether oxygens (including phenoxy) is 1. The van der Waals surface area contributed by atoms with Crippen LogP contribution in [0.25, 0.3) is 0 Å². The largest absolute Gasteiger partial charge is 0.503 e. The summed E-state index contributed by atoms with van der Waals surface area (Å²) in [7, 11) is 1.47. The average Bonchev–Trinajstić information content (AvgIpc) is 3.42. The third-order valence-corrected chi connectivity index (χ3v) is 6.73. The van der Waals surface area contributed by atoms with Crippen molar-refractivity contribution in [1.82, 2.24) is 10.2 Å². The van der Waals surface area contributed by atoms with Gasteiger partial charge in [-0.25, -0.2) is 0 Å². The van der Waals surface area contributed by atoms with Gasteiger partial charge in [-0.1, -0.05) is 56.4 Å². The lowest BCUT2D eigenvalue weighted by Gasteiger charge is -2.25. The summed E-state index contributed by atoms with van der Waals surface area (Å²) in [5.41, 5.74) is 1.09. The van der Waals surface area contributed by atoms with Gasteiger partial charge in [-0.15, -0.1) is 10.2 Å². The highest BCUT2D eigenvalue weighted by molar-refractivity contribution is 7.15. The minimum Gasteiger partial charge on any atom is -0.503 e. The molecule has 0 spiro atoms. The van der Waals surface area contributed by atoms with Crippen LogP contribution in [0.3, 0.4) is 0 Å². The van der Waals surface area contributed by atoms with Gasteiger partial charge in [0.15, 0.2) is 11.5 Å². The number of halogens is 3. The molecule has 0 saturated carbocycles. The molecule has 1 atom stereocenters. The van der Waals surface area contributed by atoms with E-state index in [1.54, 1.807) is 24.3 Å². The van der Waals surface area contributed by atoms with E-state index in [0.717, 1.165) is 10.5 Å². The Morgan fingerprint density at radius 2 is 1.64 bits per heavy atom. The van der Waals surface area contributed by atoms with Crippen molar-refractivity contribution in [1.29, 1.82) is 0 Å². The first-order valence-electron chi connectivity index (χ1n) is 10.8. The van der Waals surface area contributed by atoms with Crippen LogP contribution in [0.2, 0.25) is 0 Å². The number of carbonyl (C=O) groups excluding carboxylic acids is 2. The zero-order valence-corrected chi connectivity index (χ0v) is 20.6. The number of aliphatic hydroxyl groups excluding tert-OH is 1. The minimum atomic E-state index is -4.76. The van der Waals surface area contributed by atoms with E-state index in [9.17, 15) is 27.9 Å². The third kappa shape index (κ3) is 4.58. The molecule has 188 valence electrons. The number of Topliss-reactive ketones (excluding diaryl/α,β-unsaturated/α-hetero) is 1. The molecule has 2 heterocycles. The first kappa shape index (κ1) is 25.4. The Morgan fingerprint density at radius 1 is 1.03 bits per heavy atom.